The van der Waals surface area contributed by atoms with E-state index in [1.807, 2.05) is 13.8 Å². The Kier molecular flexibility index (Phi) is 3.93. The molecule has 0 saturated carbocycles. The van der Waals surface area contributed by atoms with Gasteiger partial charge in [0.1, 0.15) is 5.76 Å². The van der Waals surface area contributed by atoms with Crippen LogP contribution in [0.25, 0.3) is 0 Å². The summed E-state index contributed by atoms with van der Waals surface area (Å²) in [5.74, 6) is -1.63. The van der Waals surface area contributed by atoms with Gasteiger partial charge in [0.05, 0.1) is 6.42 Å². The van der Waals surface area contributed by atoms with Gasteiger partial charge < -0.3 is 14.6 Å². The Balaban J connectivity index is 3.27. The number of hydrogen-bond donors (Lipinski definition) is 2. The highest BCUT2D eigenvalue weighted by Gasteiger charge is 2.26. The minimum absolute atomic E-state index is 0.0538. The molecular formula is C12H16O5. The second-order valence-electron chi connectivity index (χ2n) is 4.38. The maximum atomic E-state index is 11.4. The maximum Gasteiger partial charge on any atom is 0.304 e. The van der Waals surface area contributed by atoms with Crippen LogP contribution >= 0.6 is 0 Å². The lowest BCUT2D eigenvalue weighted by Crippen LogP contribution is -2.15. The van der Waals surface area contributed by atoms with Gasteiger partial charge in [-0.3, -0.25) is 9.59 Å². The highest BCUT2D eigenvalue weighted by molar-refractivity contribution is 5.68. The topological polar surface area (TPSA) is 87.7 Å². The average Bonchev–Trinajstić information content (AvgIpc) is 2.19. The summed E-state index contributed by atoms with van der Waals surface area (Å²) in [6, 6.07) is 1.18. The van der Waals surface area contributed by atoms with E-state index in [1.165, 1.54) is 6.07 Å². The Hall–Kier alpha value is -1.78. The smallest absolute Gasteiger partial charge is 0.304 e. The van der Waals surface area contributed by atoms with Gasteiger partial charge in [-0.25, -0.2) is 0 Å². The van der Waals surface area contributed by atoms with E-state index in [1.54, 1.807) is 6.92 Å². The normalized spacial score (nSPS) is 12.7. The number of rotatable bonds is 4. The third-order valence-corrected chi connectivity index (χ3v) is 2.61. The molecule has 1 unspecified atom stereocenters. The molecule has 1 rings (SSSR count). The zero-order chi connectivity index (χ0) is 13.2. The summed E-state index contributed by atoms with van der Waals surface area (Å²) in [5.41, 5.74) is -0.542. The summed E-state index contributed by atoms with van der Waals surface area (Å²) in [6.45, 7) is 5.22. The molecule has 0 amide bonds. The molecule has 0 bridgehead atoms. The Labute approximate surface area is 98.7 Å². The predicted molar refractivity (Wildman–Crippen MR) is 61.2 cm³/mol. The summed E-state index contributed by atoms with van der Waals surface area (Å²) in [6.07, 6.45) is -0.183. The molecule has 94 valence electrons. The van der Waals surface area contributed by atoms with E-state index in [0.29, 0.717) is 5.76 Å². The van der Waals surface area contributed by atoms with Gasteiger partial charge >= 0.3 is 5.97 Å². The van der Waals surface area contributed by atoms with Crippen molar-refractivity contribution in [1.29, 1.82) is 0 Å². The molecule has 1 aromatic heterocycles. The van der Waals surface area contributed by atoms with Crippen molar-refractivity contribution < 1.29 is 19.4 Å². The van der Waals surface area contributed by atoms with Crippen molar-refractivity contribution in [3.8, 4) is 5.75 Å². The fraction of sp³-hybridized carbons (Fsp3) is 0.500. The molecule has 0 saturated heterocycles. The van der Waals surface area contributed by atoms with Crippen LogP contribution in [0.15, 0.2) is 15.3 Å². The third kappa shape index (κ3) is 3.09. The first-order chi connectivity index (χ1) is 7.82. The van der Waals surface area contributed by atoms with Gasteiger partial charge in [-0.05, 0) is 12.8 Å². The van der Waals surface area contributed by atoms with Gasteiger partial charge in [0.2, 0.25) is 11.2 Å². The molecule has 0 fully saturated rings. The Morgan fingerprint density at radius 1 is 1.47 bits per heavy atom. The molecule has 0 aliphatic heterocycles. The summed E-state index contributed by atoms with van der Waals surface area (Å²) in [7, 11) is 0. The van der Waals surface area contributed by atoms with E-state index in [9.17, 15) is 14.7 Å². The lowest BCUT2D eigenvalue weighted by atomic mass is 9.89. The Bertz CT molecular complexity index is 472. The zero-order valence-electron chi connectivity index (χ0n) is 10.1. The standard InChI is InChI=1S/C12H16O5/c1-6(2)8(5-10(14)15)12-11(16)9(13)4-7(3)17-12/h4,6,8,16H,5H2,1-3H3,(H,14,15). The summed E-state index contributed by atoms with van der Waals surface area (Å²) >= 11 is 0. The van der Waals surface area contributed by atoms with Crippen LogP contribution in [0.2, 0.25) is 0 Å². The SMILES string of the molecule is Cc1cc(=O)c(O)c(C(CC(=O)O)C(C)C)o1. The number of aliphatic carboxylic acids is 1. The fourth-order valence-corrected chi connectivity index (χ4v) is 1.70. The first-order valence-electron chi connectivity index (χ1n) is 5.38. The molecule has 17 heavy (non-hydrogen) atoms. The highest BCUT2D eigenvalue weighted by atomic mass is 16.4. The molecule has 5 heteroatoms. The number of aromatic hydroxyl groups is 1. The molecule has 0 radical (unpaired) electrons. The van der Waals surface area contributed by atoms with E-state index in [2.05, 4.69) is 0 Å². The molecule has 0 aromatic carbocycles. The van der Waals surface area contributed by atoms with Crippen LogP contribution in [-0.2, 0) is 4.79 Å². The predicted octanol–water partition coefficient (Wildman–Crippen LogP) is 1.87. The van der Waals surface area contributed by atoms with E-state index >= 15 is 0 Å². The van der Waals surface area contributed by atoms with Crippen molar-refractivity contribution >= 4 is 5.97 Å². The molecule has 5 nitrogen and oxygen atoms in total. The van der Waals surface area contributed by atoms with Crippen LogP contribution in [0.3, 0.4) is 0 Å². The number of carboxylic acids is 1. The number of carboxylic acid groups (broad SMARTS) is 1. The van der Waals surface area contributed by atoms with Crippen LogP contribution in [0, 0.1) is 12.8 Å². The van der Waals surface area contributed by atoms with E-state index in [4.69, 9.17) is 9.52 Å². The van der Waals surface area contributed by atoms with E-state index < -0.39 is 23.1 Å². The summed E-state index contributed by atoms with van der Waals surface area (Å²) < 4.78 is 5.30. The second-order valence-corrected chi connectivity index (χ2v) is 4.38. The van der Waals surface area contributed by atoms with Crippen molar-refractivity contribution in [2.75, 3.05) is 0 Å². The van der Waals surface area contributed by atoms with Gasteiger partial charge in [-0.1, -0.05) is 13.8 Å². The zero-order valence-corrected chi connectivity index (χ0v) is 10.1. The molecule has 0 aliphatic carbocycles. The molecule has 1 aromatic rings. The monoisotopic (exact) mass is 240 g/mol. The van der Waals surface area contributed by atoms with Crippen LogP contribution in [-0.4, -0.2) is 16.2 Å². The summed E-state index contributed by atoms with van der Waals surface area (Å²) in [4.78, 5) is 22.2. The first kappa shape index (κ1) is 13.3. The molecule has 0 aliphatic rings. The van der Waals surface area contributed by atoms with Crippen molar-refractivity contribution in [3.05, 3.63) is 27.8 Å². The van der Waals surface area contributed by atoms with Gasteiger partial charge in [0.15, 0.2) is 5.76 Å². The highest BCUT2D eigenvalue weighted by Crippen LogP contribution is 2.32. The fourth-order valence-electron chi connectivity index (χ4n) is 1.70. The van der Waals surface area contributed by atoms with Gasteiger partial charge in [0, 0.05) is 12.0 Å². The summed E-state index contributed by atoms with van der Waals surface area (Å²) in [5, 5.41) is 18.5. The third-order valence-electron chi connectivity index (χ3n) is 2.61. The minimum atomic E-state index is -0.993. The van der Waals surface area contributed by atoms with Crippen LogP contribution in [0.5, 0.6) is 5.75 Å². The van der Waals surface area contributed by atoms with Crippen molar-refractivity contribution in [1.82, 2.24) is 0 Å². The molecule has 2 N–H and O–H groups in total. The molecule has 1 atom stereocenters. The minimum Gasteiger partial charge on any atom is -0.502 e. The van der Waals surface area contributed by atoms with Gasteiger partial charge in [-0.15, -0.1) is 0 Å². The van der Waals surface area contributed by atoms with E-state index in [0.717, 1.165) is 0 Å². The van der Waals surface area contributed by atoms with Crippen molar-refractivity contribution in [3.63, 3.8) is 0 Å². The number of hydrogen-bond acceptors (Lipinski definition) is 4. The Morgan fingerprint density at radius 2 is 2.06 bits per heavy atom. The van der Waals surface area contributed by atoms with Crippen molar-refractivity contribution in [2.24, 2.45) is 5.92 Å². The van der Waals surface area contributed by atoms with Crippen molar-refractivity contribution in [2.45, 2.75) is 33.1 Å². The largest absolute Gasteiger partial charge is 0.502 e. The molecule has 0 spiro atoms. The van der Waals surface area contributed by atoms with Crippen LogP contribution in [0.4, 0.5) is 0 Å². The average molecular weight is 240 g/mol. The van der Waals surface area contributed by atoms with Gasteiger partial charge in [0.25, 0.3) is 0 Å². The maximum absolute atomic E-state index is 11.4. The van der Waals surface area contributed by atoms with Gasteiger partial charge in [-0.2, -0.15) is 0 Å². The molecular weight excluding hydrogens is 224 g/mol. The lowest BCUT2D eigenvalue weighted by Gasteiger charge is -2.18. The Morgan fingerprint density at radius 3 is 2.53 bits per heavy atom. The lowest BCUT2D eigenvalue weighted by molar-refractivity contribution is -0.137. The van der Waals surface area contributed by atoms with Crippen LogP contribution in [0.1, 0.15) is 37.7 Å². The van der Waals surface area contributed by atoms with Crippen LogP contribution < -0.4 is 5.43 Å². The van der Waals surface area contributed by atoms with E-state index in [-0.39, 0.29) is 18.1 Å². The number of aryl methyl sites for hydroxylation is 1. The molecule has 1 heterocycles. The number of carbonyl (C=O) groups is 1. The first-order valence-corrected chi connectivity index (χ1v) is 5.38. The second kappa shape index (κ2) is 5.03. The quantitative estimate of drug-likeness (QED) is 0.838.